The summed E-state index contributed by atoms with van der Waals surface area (Å²) in [6.45, 7) is 2.07. The van der Waals surface area contributed by atoms with Crippen molar-refractivity contribution in [3.63, 3.8) is 0 Å². The van der Waals surface area contributed by atoms with E-state index in [0.29, 0.717) is 15.6 Å². The van der Waals surface area contributed by atoms with Crippen LogP contribution in [-0.4, -0.2) is 5.91 Å². The summed E-state index contributed by atoms with van der Waals surface area (Å²) in [5.74, 6) is -0.109. The van der Waals surface area contributed by atoms with Gasteiger partial charge in [-0.25, -0.2) is 0 Å². The van der Waals surface area contributed by atoms with Crippen LogP contribution in [0.1, 0.15) is 21.5 Å². The Balaban J connectivity index is 2.14. The number of nitrogens with one attached hydrogen (secondary N) is 1. The highest BCUT2D eigenvalue weighted by Gasteiger charge is 2.10. The number of rotatable bonds is 3. The molecule has 17 heavy (non-hydrogen) atoms. The molecule has 0 fully saturated rings. The summed E-state index contributed by atoms with van der Waals surface area (Å²) in [6, 6.07) is 11.0. The third-order valence-corrected chi connectivity index (χ3v) is 3.91. The number of hydrogen-bond donors (Lipinski definition) is 1. The number of benzene rings is 1. The molecule has 4 heteroatoms. The molecule has 0 aliphatic heterocycles. The number of aryl methyl sites for hydroxylation is 1. The lowest BCUT2D eigenvalue weighted by molar-refractivity contribution is 0.103. The normalized spacial score (nSPS) is 10.2. The van der Waals surface area contributed by atoms with Crippen LogP contribution >= 0.6 is 22.9 Å². The lowest BCUT2D eigenvalue weighted by atomic mass is 10.3. The smallest absolute Gasteiger partial charge is 0.265 e. The van der Waals surface area contributed by atoms with Crippen LogP contribution < -0.4 is 5.32 Å². The molecule has 1 aromatic carbocycles. The highest BCUT2D eigenvalue weighted by molar-refractivity contribution is 7.14. The van der Waals surface area contributed by atoms with Crippen LogP contribution in [0.25, 0.3) is 0 Å². The molecule has 0 saturated heterocycles. The van der Waals surface area contributed by atoms with Crippen molar-refractivity contribution in [2.75, 3.05) is 5.32 Å². The summed E-state index contributed by atoms with van der Waals surface area (Å²) in [5.41, 5.74) is 0.644. The first-order valence-electron chi connectivity index (χ1n) is 5.35. The number of para-hydroxylation sites is 1. The maximum absolute atomic E-state index is 11.9. The lowest BCUT2D eigenvalue weighted by Gasteiger charge is -2.04. The number of halogens is 1. The third kappa shape index (κ3) is 2.87. The molecule has 0 aliphatic carbocycles. The van der Waals surface area contributed by atoms with Crippen molar-refractivity contribution in [3.8, 4) is 0 Å². The van der Waals surface area contributed by atoms with Gasteiger partial charge in [-0.1, -0.05) is 30.7 Å². The van der Waals surface area contributed by atoms with Gasteiger partial charge in [-0.05, 0) is 30.7 Å². The Morgan fingerprint density at radius 2 is 2.06 bits per heavy atom. The molecule has 0 bridgehead atoms. The second kappa shape index (κ2) is 5.34. The SMILES string of the molecule is CCc1ccc(C(=O)Nc2ccccc2Cl)s1. The molecule has 0 unspecified atom stereocenters. The molecule has 88 valence electrons. The molecular formula is C13H12ClNOS. The Labute approximate surface area is 109 Å². The molecule has 1 aromatic heterocycles. The van der Waals surface area contributed by atoms with Crippen molar-refractivity contribution < 1.29 is 4.79 Å². The number of anilines is 1. The largest absolute Gasteiger partial charge is 0.320 e. The highest BCUT2D eigenvalue weighted by atomic mass is 35.5. The van der Waals surface area contributed by atoms with Gasteiger partial charge >= 0.3 is 0 Å². The Hall–Kier alpha value is -1.32. The van der Waals surface area contributed by atoms with E-state index >= 15 is 0 Å². The number of carbonyl (C=O) groups is 1. The average molecular weight is 266 g/mol. The molecule has 0 atom stereocenters. The summed E-state index contributed by atoms with van der Waals surface area (Å²) >= 11 is 7.49. The molecule has 1 amide bonds. The molecule has 2 aromatic rings. The molecule has 1 N–H and O–H groups in total. The minimum absolute atomic E-state index is 0.109. The van der Waals surface area contributed by atoms with Crippen LogP contribution in [0.4, 0.5) is 5.69 Å². The van der Waals surface area contributed by atoms with Gasteiger partial charge in [-0.15, -0.1) is 11.3 Å². The minimum Gasteiger partial charge on any atom is -0.320 e. The monoisotopic (exact) mass is 265 g/mol. The quantitative estimate of drug-likeness (QED) is 0.885. The van der Waals surface area contributed by atoms with Crippen LogP contribution in [0.3, 0.4) is 0 Å². The lowest BCUT2D eigenvalue weighted by Crippen LogP contribution is -2.10. The van der Waals surface area contributed by atoms with Crippen LogP contribution in [0.15, 0.2) is 36.4 Å². The van der Waals surface area contributed by atoms with E-state index in [1.54, 1.807) is 12.1 Å². The van der Waals surface area contributed by atoms with Crippen LogP contribution in [0.5, 0.6) is 0 Å². The van der Waals surface area contributed by atoms with E-state index in [2.05, 4.69) is 12.2 Å². The van der Waals surface area contributed by atoms with Gasteiger partial charge in [0, 0.05) is 4.88 Å². The van der Waals surface area contributed by atoms with Crippen LogP contribution in [0, 0.1) is 0 Å². The summed E-state index contributed by atoms with van der Waals surface area (Å²) in [7, 11) is 0. The fraction of sp³-hybridized carbons (Fsp3) is 0.154. The van der Waals surface area contributed by atoms with E-state index in [9.17, 15) is 4.79 Å². The van der Waals surface area contributed by atoms with Crippen molar-refractivity contribution >= 4 is 34.5 Å². The molecule has 2 rings (SSSR count). The van der Waals surface area contributed by atoms with E-state index in [4.69, 9.17) is 11.6 Å². The van der Waals surface area contributed by atoms with Gasteiger partial charge in [0.25, 0.3) is 5.91 Å². The van der Waals surface area contributed by atoms with Gasteiger partial charge in [-0.2, -0.15) is 0 Å². The summed E-state index contributed by atoms with van der Waals surface area (Å²) < 4.78 is 0. The molecule has 0 aliphatic rings. The molecular weight excluding hydrogens is 254 g/mol. The first kappa shape index (κ1) is 12.1. The first-order chi connectivity index (χ1) is 8.20. The number of thiophene rings is 1. The predicted octanol–water partition coefficient (Wildman–Crippen LogP) is 4.22. The summed E-state index contributed by atoms with van der Waals surface area (Å²) in [5, 5.41) is 3.35. The maximum atomic E-state index is 11.9. The van der Waals surface area contributed by atoms with E-state index in [1.807, 2.05) is 24.3 Å². The number of amides is 1. The van der Waals surface area contributed by atoms with Gasteiger partial charge < -0.3 is 5.32 Å². The highest BCUT2D eigenvalue weighted by Crippen LogP contribution is 2.23. The topological polar surface area (TPSA) is 29.1 Å². The van der Waals surface area contributed by atoms with E-state index < -0.39 is 0 Å². The maximum Gasteiger partial charge on any atom is 0.265 e. The predicted molar refractivity (Wildman–Crippen MR) is 73.1 cm³/mol. The van der Waals surface area contributed by atoms with Crippen LogP contribution in [0.2, 0.25) is 5.02 Å². The van der Waals surface area contributed by atoms with Crippen molar-refractivity contribution in [3.05, 3.63) is 51.2 Å². The molecule has 0 radical (unpaired) electrons. The van der Waals surface area contributed by atoms with Crippen LogP contribution in [-0.2, 0) is 6.42 Å². The van der Waals surface area contributed by atoms with Gasteiger partial charge in [0.1, 0.15) is 0 Å². The van der Waals surface area contributed by atoms with E-state index in [-0.39, 0.29) is 5.91 Å². The molecule has 2 nitrogen and oxygen atoms in total. The zero-order valence-electron chi connectivity index (χ0n) is 9.37. The zero-order valence-corrected chi connectivity index (χ0v) is 10.9. The second-order valence-corrected chi connectivity index (χ2v) is 5.13. The number of hydrogen-bond acceptors (Lipinski definition) is 2. The average Bonchev–Trinajstić information content (AvgIpc) is 2.81. The first-order valence-corrected chi connectivity index (χ1v) is 6.54. The number of carbonyl (C=O) groups excluding carboxylic acids is 1. The third-order valence-electron chi connectivity index (χ3n) is 2.36. The second-order valence-electron chi connectivity index (χ2n) is 3.55. The Morgan fingerprint density at radius 1 is 1.29 bits per heavy atom. The molecule has 1 heterocycles. The Bertz CT molecular complexity index is 536. The Morgan fingerprint density at radius 3 is 2.71 bits per heavy atom. The van der Waals surface area contributed by atoms with E-state index in [1.165, 1.54) is 16.2 Å². The molecule has 0 saturated carbocycles. The van der Waals surface area contributed by atoms with Crippen molar-refractivity contribution in [2.45, 2.75) is 13.3 Å². The molecule has 0 spiro atoms. The fourth-order valence-corrected chi connectivity index (χ4v) is 2.46. The van der Waals surface area contributed by atoms with Gasteiger partial charge in [-0.3, -0.25) is 4.79 Å². The summed E-state index contributed by atoms with van der Waals surface area (Å²) in [6.07, 6.45) is 0.948. The van der Waals surface area contributed by atoms with Gasteiger partial charge in [0.05, 0.1) is 15.6 Å². The van der Waals surface area contributed by atoms with E-state index in [0.717, 1.165) is 6.42 Å². The minimum atomic E-state index is -0.109. The van der Waals surface area contributed by atoms with Crippen molar-refractivity contribution in [1.29, 1.82) is 0 Å². The van der Waals surface area contributed by atoms with Gasteiger partial charge in [0.15, 0.2) is 0 Å². The summed E-state index contributed by atoms with van der Waals surface area (Å²) in [4.78, 5) is 13.8. The van der Waals surface area contributed by atoms with Crippen molar-refractivity contribution in [2.24, 2.45) is 0 Å². The standard InChI is InChI=1S/C13H12ClNOS/c1-2-9-7-8-12(17-9)13(16)15-11-6-4-3-5-10(11)14/h3-8H,2H2,1H3,(H,15,16). The zero-order chi connectivity index (χ0) is 12.3. The fourth-order valence-electron chi connectivity index (χ4n) is 1.44. The Kier molecular flexibility index (Phi) is 3.82. The van der Waals surface area contributed by atoms with Gasteiger partial charge in [0.2, 0.25) is 0 Å². The van der Waals surface area contributed by atoms with Crippen molar-refractivity contribution in [1.82, 2.24) is 0 Å².